The second-order valence-corrected chi connectivity index (χ2v) is 13.0. The van der Waals surface area contributed by atoms with E-state index in [2.05, 4.69) is 0 Å². The molecular formula is C24H24O4S3. The number of ether oxygens (including phenoxy) is 2. The second-order valence-electron chi connectivity index (χ2n) is 8.53. The molecule has 0 amide bonds. The maximum absolute atomic E-state index is 14.0. The van der Waals surface area contributed by atoms with Gasteiger partial charge in [0.05, 0.1) is 11.1 Å². The van der Waals surface area contributed by atoms with Crippen LogP contribution in [0.2, 0.25) is 0 Å². The number of fused-ring (bicyclic) bond motifs is 2. The average molecular weight is 473 g/mol. The van der Waals surface area contributed by atoms with Crippen LogP contribution in [0.4, 0.5) is 0 Å². The van der Waals surface area contributed by atoms with Crippen molar-refractivity contribution >= 4 is 44.9 Å². The van der Waals surface area contributed by atoms with E-state index in [9.17, 15) is 9.59 Å². The van der Waals surface area contributed by atoms with Crippen molar-refractivity contribution in [2.75, 3.05) is 0 Å². The first-order chi connectivity index (χ1) is 14.8. The first-order valence-electron chi connectivity index (χ1n) is 10.5. The van der Waals surface area contributed by atoms with Crippen LogP contribution in [0.25, 0.3) is 0 Å². The summed E-state index contributed by atoms with van der Waals surface area (Å²) in [6.07, 6.45) is 1.27. The molecule has 4 nitrogen and oxygen atoms in total. The van der Waals surface area contributed by atoms with E-state index in [1.165, 1.54) is 33.3 Å². The number of carbonyl (C=O) groups excluding carboxylic acids is 2. The average Bonchev–Trinajstić information content (AvgIpc) is 3.21. The third-order valence-electron chi connectivity index (χ3n) is 6.84. The summed E-state index contributed by atoms with van der Waals surface area (Å²) in [6, 6.07) is 14.8. The van der Waals surface area contributed by atoms with Gasteiger partial charge in [0.1, 0.15) is 22.7 Å². The van der Waals surface area contributed by atoms with Gasteiger partial charge in [0.15, 0.2) is 19.7 Å². The highest BCUT2D eigenvalue weighted by molar-refractivity contribution is 8.84. The van der Waals surface area contributed by atoms with E-state index in [0.717, 1.165) is 0 Å². The SMILES string of the molecule is CCC1(C)Oc2ccccc2C(=O)C12SSC1(S2)C(=O)c2ccccc2OC1(C)CC. The number of ketones is 2. The van der Waals surface area contributed by atoms with Crippen LogP contribution >= 0.6 is 33.3 Å². The van der Waals surface area contributed by atoms with E-state index in [1.54, 1.807) is 0 Å². The highest BCUT2D eigenvalue weighted by Crippen LogP contribution is 2.75. The van der Waals surface area contributed by atoms with Gasteiger partial charge in [-0.3, -0.25) is 9.59 Å². The van der Waals surface area contributed by atoms with Gasteiger partial charge in [-0.05, 0) is 51.0 Å². The van der Waals surface area contributed by atoms with Crippen LogP contribution in [0.15, 0.2) is 48.5 Å². The molecule has 0 saturated carbocycles. The van der Waals surface area contributed by atoms with E-state index >= 15 is 0 Å². The van der Waals surface area contributed by atoms with Crippen molar-refractivity contribution in [2.24, 2.45) is 0 Å². The third-order valence-corrected chi connectivity index (χ3v) is 13.8. The molecule has 2 aromatic rings. The summed E-state index contributed by atoms with van der Waals surface area (Å²) in [5, 5.41) is 0. The molecule has 5 rings (SSSR count). The Kier molecular flexibility index (Phi) is 4.78. The largest absolute Gasteiger partial charge is 0.484 e. The Morgan fingerprint density at radius 1 is 0.710 bits per heavy atom. The van der Waals surface area contributed by atoms with Gasteiger partial charge in [-0.1, -0.05) is 71.5 Å². The fraction of sp³-hybridized carbons (Fsp3) is 0.417. The van der Waals surface area contributed by atoms with Crippen molar-refractivity contribution in [1.82, 2.24) is 0 Å². The number of carbonyl (C=O) groups is 2. The summed E-state index contributed by atoms with van der Waals surface area (Å²) in [5.41, 5.74) is -0.380. The zero-order chi connectivity index (χ0) is 22.1. The maximum atomic E-state index is 14.0. The summed E-state index contributed by atoms with van der Waals surface area (Å²) < 4.78 is 11.1. The van der Waals surface area contributed by atoms with Crippen LogP contribution in [-0.4, -0.2) is 30.9 Å². The molecule has 0 aliphatic carbocycles. The normalized spacial score (nSPS) is 36.1. The second kappa shape index (κ2) is 6.96. The lowest BCUT2D eigenvalue weighted by molar-refractivity contribution is 0.0420. The molecular weight excluding hydrogens is 448 g/mol. The van der Waals surface area contributed by atoms with Gasteiger partial charge in [0, 0.05) is 0 Å². The molecule has 2 aromatic carbocycles. The number of rotatable bonds is 2. The van der Waals surface area contributed by atoms with Crippen LogP contribution in [0.1, 0.15) is 61.3 Å². The predicted molar refractivity (Wildman–Crippen MR) is 128 cm³/mol. The Hall–Kier alpha value is -1.57. The molecule has 1 fully saturated rings. The predicted octanol–water partition coefficient (Wildman–Crippen LogP) is 6.40. The molecule has 2 spiro atoms. The molecule has 0 bridgehead atoms. The van der Waals surface area contributed by atoms with Gasteiger partial charge >= 0.3 is 0 Å². The number of hydrogen-bond donors (Lipinski definition) is 0. The molecule has 31 heavy (non-hydrogen) atoms. The van der Waals surface area contributed by atoms with E-state index < -0.39 is 19.4 Å². The van der Waals surface area contributed by atoms with Gasteiger partial charge in [-0.2, -0.15) is 0 Å². The van der Waals surface area contributed by atoms with Crippen molar-refractivity contribution in [1.29, 1.82) is 0 Å². The molecule has 1 saturated heterocycles. The first kappa shape index (κ1) is 21.3. The topological polar surface area (TPSA) is 52.6 Å². The Labute approximate surface area is 194 Å². The van der Waals surface area contributed by atoms with Crippen LogP contribution in [0.3, 0.4) is 0 Å². The summed E-state index contributed by atoms with van der Waals surface area (Å²) in [7, 11) is 2.95. The van der Waals surface area contributed by atoms with Crippen molar-refractivity contribution < 1.29 is 19.1 Å². The van der Waals surface area contributed by atoms with Gasteiger partial charge < -0.3 is 9.47 Å². The molecule has 7 heteroatoms. The third kappa shape index (κ3) is 2.60. The van der Waals surface area contributed by atoms with Crippen LogP contribution < -0.4 is 9.47 Å². The number of benzene rings is 2. The Balaban J connectivity index is 1.68. The first-order valence-corrected chi connectivity index (χ1v) is 13.5. The fourth-order valence-electron chi connectivity index (χ4n) is 4.47. The molecule has 3 aliphatic rings. The molecule has 3 heterocycles. The van der Waals surface area contributed by atoms with Crippen molar-refractivity contribution in [3.8, 4) is 11.5 Å². The van der Waals surface area contributed by atoms with Crippen molar-refractivity contribution in [3.63, 3.8) is 0 Å². The number of Topliss-reactive ketones (excluding diaryl/α,β-unsaturated/α-hetero) is 2. The smallest absolute Gasteiger partial charge is 0.197 e. The maximum Gasteiger partial charge on any atom is 0.197 e. The van der Waals surface area contributed by atoms with Crippen LogP contribution in [-0.2, 0) is 0 Å². The van der Waals surface area contributed by atoms with E-state index in [1.807, 2.05) is 76.2 Å². The zero-order valence-corrected chi connectivity index (χ0v) is 20.3. The quantitative estimate of drug-likeness (QED) is 0.469. The monoisotopic (exact) mass is 472 g/mol. The van der Waals surface area contributed by atoms with Crippen LogP contribution in [0, 0.1) is 0 Å². The Bertz CT molecular complexity index is 1020. The number of thioether (sulfide) groups is 1. The minimum atomic E-state index is -0.956. The van der Waals surface area contributed by atoms with Gasteiger partial charge in [-0.25, -0.2) is 0 Å². The zero-order valence-electron chi connectivity index (χ0n) is 17.9. The fourth-order valence-corrected chi connectivity index (χ4v) is 12.0. The van der Waals surface area contributed by atoms with Gasteiger partial charge in [0.25, 0.3) is 0 Å². The molecule has 0 aromatic heterocycles. The Morgan fingerprint density at radius 3 is 1.48 bits per heavy atom. The lowest BCUT2D eigenvalue weighted by Crippen LogP contribution is -2.62. The highest BCUT2D eigenvalue weighted by atomic mass is 33.1. The summed E-state index contributed by atoms with van der Waals surface area (Å²) in [5.74, 6) is 1.26. The summed E-state index contributed by atoms with van der Waals surface area (Å²) in [6.45, 7) is 8.05. The van der Waals surface area contributed by atoms with E-state index in [0.29, 0.717) is 35.5 Å². The number of para-hydroxylation sites is 2. The lowest BCUT2D eigenvalue weighted by Gasteiger charge is -2.50. The lowest BCUT2D eigenvalue weighted by atomic mass is 9.87. The summed E-state index contributed by atoms with van der Waals surface area (Å²) >= 11 is 1.44. The highest BCUT2D eigenvalue weighted by Gasteiger charge is 2.74. The molecule has 4 unspecified atom stereocenters. The van der Waals surface area contributed by atoms with E-state index in [-0.39, 0.29) is 11.6 Å². The van der Waals surface area contributed by atoms with Gasteiger partial charge in [0.2, 0.25) is 0 Å². The number of hydrogen-bond acceptors (Lipinski definition) is 7. The molecule has 4 atom stereocenters. The summed E-state index contributed by atoms with van der Waals surface area (Å²) in [4.78, 5) is 28.0. The minimum absolute atomic E-state index is 0.0168. The van der Waals surface area contributed by atoms with Crippen LogP contribution in [0.5, 0.6) is 11.5 Å². The Morgan fingerprint density at radius 2 is 1.10 bits per heavy atom. The molecule has 0 radical (unpaired) electrons. The van der Waals surface area contributed by atoms with Gasteiger partial charge in [-0.15, -0.1) is 0 Å². The minimum Gasteiger partial charge on any atom is -0.484 e. The molecule has 3 aliphatic heterocycles. The van der Waals surface area contributed by atoms with Crippen molar-refractivity contribution in [3.05, 3.63) is 59.7 Å². The molecule has 162 valence electrons. The van der Waals surface area contributed by atoms with E-state index in [4.69, 9.17) is 9.47 Å². The van der Waals surface area contributed by atoms with Crippen molar-refractivity contribution in [2.45, 2.75) is 59.9 Å². The standard InChI is InChI=1S/C24H24O4S3/c1-5-21(3)23(19(25)15-11-7-9-13-17(15)27-21)29-24(31-30-23)20(26)16-12-8-10-14-18(16)28-22(24,4)6-2/h7-14H,5-6H2,1-4H3. The molecule has 0 N–H and O–H groups in total.